The summed E-state index contributed by atoms with van der Waals surface area (Å²) in [5.41, 5.74) is 1.15. The summed E-state index contributed by atoms with van der Waals surface area (Å²) >= 11 is 0. The zero-order chi connectivity index (χ0) is 17.8. The number of fused-ring (bicyclic) bond motifs is 1. The van der Waals surface area contributed by atoms with E-state index in [-0.39, 0.29) is 5.91 Å². The summed E-state index contributed by atoms with van der Waals surface area (Å²) in [5.74, 6) is 0.260. The summed E-state index contributed by atoms with van der Waals surface area (Å²) < 4.78 is 7.48. The van der Waals surface area contributed by atoms with Gasteiger partial charge in [-0.05, 0) is 23.3 Å². The lowest BCUT2D eigenvalue weighted by atomic mass is 10.0. The average molecular weight is 346 g/mol. The third-order valence-electron chi connectivity index (χ3n) is 4.23. The van der Waals surface area contributed by atoms with E-state index >= 15 is 0 Å². The predicted octanol–water partition coefficient (Wildman–Crippen LogP) is 3.51. The smallest absolute Gasteiger partial charge is 0.273 e. The monoisotopic (exact) mass is 346 g/mol. The van der Waals surface area contributed by atoms with Crippen LogP contribution in [0.4, 0.5) is 0 Å². The summed E-state index contributed by atoms with van der Waals surface area (Å²) in [4.78, 5) is 20.6. The maximum absolute atomic E-state index is 12.5. The van der Waals surface area contributed by atoms with E-state index < -0.39 is 0 Å². The Morgan fingerprint density at radius 1 is 1.15 bits per heavy atom. The predicted molar refractivity (Wildman–Crippen MR) is 98.6 cm³/mol. The molecule has 130 valence electrons. The minimum atomic E-state index is -0.229. The van der Waals surface area contributed by atoms with Crippen LogP contribution in [-0.4, -0.2) is 27.0 Å². The largest absolute Gasteiger partial charge is 0.443 e. The molecule has 4 aromatic rings. The van der Waals surface area contributed by atoms with Gasteiger partial charge in [0.05, 0.1) is 6.33 Å². The number of hydrogen-bond donors (Lipinski definition) is 1. The molecule has 0 aliphatic rings. The van der Waals surface area contributed by atoms with Gasteiger partial charge in [0.2, 0.25) is 0 Å². The van der Waals surface area contributed by atoms with Crippen LogP contribution in [0.3, 0.4) is 0 Å². The number of hydrogen-bond acceptors (Lipinski definition) is 4. The maximum atomic E-state index is 12.5. The van der Waals surface area contributed by atoms with Crippen LogP contribution in [-0.2, 0) is 6.54 Å². The molecule has 2 aromatic carbocycles. The van der Waals surface area contributed by atoms with Crippen molar-refractivity contribution in [2.45, 2.75) is 13.0 Å². The molecule has 0 bridgehead atoms. The molecule has 6 nitrogen and oxygen atoms in total. The molecular weight excluding hydrogens is 328 g/mol. The van der Waals surface area contributed by atoms with Gasteiger partial charge in [-0.2, -0.15) is 0 Å². The van der Waals surface area contributed by atoms with Gasteiger partial charge in [-0.25, -0.2) is 9.97 Å². The van der Waals surface area contributed by atoms with Gasteiger partial charge >= 0.3 is 0 Å². The number of imidazole rings is 1. The molecule has 1 amide bonds. The van der Waals surface area contributed by atoms with E-state index in [0.29, 0.717) is 18.0 Å². The molecule has 0 saturated heterocycles. The molecule has 0 aliphatic heterocycles. The van der Waals surface area contributed by atoms with Gasteiger partial charge in [-0.15, -0.1) is 0 Å². The first-order chi connectivity index (χ1) is 12.8. The summed E-state index contributed by atoms with van der Waals surface area (Å²) in [5, 5.41) is 5.13. The fourth-order valence-electron chi connectivity index (χ4n) is 2.91. The van der Waals surface area contributed by atoms with Gasteiger partial charge < -0.3 is 14.3 Å². The minimum absolute atomic E-state index is 0.229. The van der Waals surface area contributed by atoms with Crippen LogP contribution in [0.15, 0.2) is 72.0 Å². The molecule has 0 fully saturated rings. The molecule has 6 heteroatoms. The van der Waals surface area contributed by atoms with Crippen LogP contribution in [0.25, 0.3) is 22.1 Å². The first kappa shape index (κ1) is 16.1. The van der Waals surface area contributed by atoms with Gasteiger partial charge in [0, 0.05) is 31.0 Å². The molecule has 0 spiro atoms. The highest BCUT2D eigenvalue weighted by Crippen LogP contribution is 2.26. The molecule has 0 atom stereocenters. The summed E-state index contributed by atoms with van der Waals surface area (Å²) in [6.45, 7) is 1.36. The molecular formula is C20H18N4O2. The minimum Gasteiger partial charge on any atom is -0.443 e. The number of oxazole rings is 1. The number of aryl methyl sites for hydroxylation is 1. The van der Waals surface area contributed by atoms with Crippen molar-refractivity contribution in [3.05, 3.63) is 73.3 Å². The van der Waals surface area contributed by atoms with E-state index in [1.807, 2.05) is 53.2 Å². The summed E-state index contributed by atoms with van der Waals surface area (Å²) in [6.07, 6.45) is 7.52. The maximum Gasteiger partial charge on any atom is 0.273 e. The Balaban J connectivity index is 1.46. The molecule has 26 heavy (non-hydrogen) atoms. The normalized spacial score (nSPS) is 10.9. The zero-order valence-corrected chi connectivity index (χ0v) is 14.1. The van der Waals surface area contributed by atoms with E-state index in [1.54, 1.807) is 12.5 Å². The highest BCUT2D eigenvalue weighted by atomic mass is 16.3. The first-order valence-corrected chi connectivity index (χ1v) is 8.48. The molecule has 0 radical (unpaired) electrons. The van der Waals surface area contributed by atoms with E-state index in [4.69, 9.17) is 4.42 Å². The standard InChI is InChI=1S/C20H18N4O2/c25-20(22-8-3-10-24-11-9-21-13-24)18-19(26-14-23-18)17-7-6-15-4-1-2-5-16(15)12-17/h1-2,4-7,9,11-14H,3,8,10H2,(H,22,25). The second-order valence-corrected chi connectivity index (χ2v) is 6.00. The molecule has 2 aromatic heterocycles. The lowest BCUT2D eigenvalue weighted by Gasteiger charge is -2.06. The number of benzene rings is 2. The lowest BCUT2D eigenvalue weighted by molar-refractivity contribution is 0.0948. The second-order valence-electron chi connectivity index (χ2n) is 6.00. The van der Waals surface area contributed by atoms with Crippen LogP contribution < -0.4 is 5.32 Å². The quantitative estimate of drug-likeness (QED) is 0.542. The van der Waals surface area contributed by atoms with Crippen molar-refractivity contribution < 1.29 is 9.21 Å². The van der Waals surface area contributed by atoms with Crippen LogP contribution in [0.1, 0.15) is 16.9 Å². The van der Waals surface area contributed by atoms with Gasteiger partial charge in [-0.3, -0.25) is 4.79 Å². The number of carbonyl (C=O) groups is 1. The van der Waals surface area contributed by atoms with Crippen molar-refractivity contribution in [1.29, 1.82) is 0 Å². The Kier molecular flexibility index (Phi) is 4.47. The Bertz CT molecular complexity index is 1020. The molecule has 0 aliphatic carbocycles. The van der Waals surface area contributed by atoms with Crippen molar-refractivity contribution in [2.24, 2.45) is 0 Å². The molecule has 0 saturated carbocycles. The van der Waals surface area contributed by atoms with E-state index in [9.17, 15) is 4.79 Å². The van der Waals surface area contributed by atoms with Crippen LogP contribution >= 0.6 is 0 Å². The fraction of sp³-hybridized carbons (Fsp3) is 0.150. The highest BCUT2D eigenvalue weighted by molar-refractivity contribution is 5.98. The van der Waals surface area contributed by atoms with Crippen molar-refractivity contribution in [1.82, 2.24) is 19.9 Å². The lowest BCUT2D eigenvalue weighted by Crippen LogP contribution is -2.26. The Morgan fingerprint density at radius 3 is 2.88 bits per heavy atom. The fourth-order valence-corrected chi connectivity index (χ4v) is 2.91. The van der Waals surface area contributed by atoms with Gasteiger partial charge in [0.15, 0.2) is 17.8 Å². The van der Waals surface area contributed by atoms with E-state index in [1.165, 1.54) is 6.39 Å². The first-order valence-electron chi connectivity index (χ1n) is 8.48. The number of nitrogens with one attached hydrogen (secondary N) is 1. The Morgan fingerprint density at radius 2 is 2.04 bits per heavy atom. The van der Waals surface area contributed by atoms with Crippen LogP contribution in [0.2, 0.25) is 0 Å². The Labute approximate surface area is 150 Å². The summed E-state index contributed by atoms with van der Waals surface area (Å²) in [7, 11) is 0. The number of nitrogens with zero attached hydrogens (tertiary/aromatic N) is 3. The third-order valence-corrected chi connectivity index (χ3v) is 4.23. The third kappa shape index (κ3) is 3.35. The molecule has 0 unspecified atom stereocenters. The van der Waals surface area contributed by atoms with Crippen molar-refractivity contribution in [3.8, 4) is 11.3 Å². The number of amides is 1. The number of aromatic nitrogens is 3. The topological polar surface area (TPSA) is 73.0 Å². The summed E-state index contributed by atoms with van der Waals surface area (Å²) in [6, 6.07) is 14.0. The van der Waals surface area contributed by atoms with Gasteiger partial charge in [0.25, 0.3) is 5.91 Å². The van der Waals surface area contributed by atoms with E-state index in [0.717, 1.165) is 29.3 Å². The average Bonchev–Trinajstić information content (AvgIpc) is 3.36. The van der Waals surface area contributed by atoms with Crippen LogP contribution in [0, 0.1) is 0 Å². The van der Waals surface area contributed by atoms with Crippen LogP contribution in [0.5, 0.6) is 0 Å². The van der Waals surface area contributed by atoms with E-state index in [2.05, 4.69) is 15.3 Å². The molecule has 1 N–H and O–H groups in total. The molecule has 2 heterocycles. The second kappa shape index (κ2) is 7.23. The Hall–Kier alpha value is -3.41. The van der Waals surface area contributed by atoms with Crippen molar-refractivity contribution in [2.75, 3.05) is 6.54 Å². The van der Waals surface area contributed by atoms with Gasteiger partial charge in [-0.1, -0.05) is 36.4 Å². The molecule has 4 rings (SSSR count). The zero-order valence-electron chi connectivity index (χ0n) is 14.1. The highest BCUT2D eigenvalue weighted by Gasteiger charge is 2.18. The van der Waals surface area contributed by atoms with Crippen molar-refractivity contribution in [3.63, 3.8) is 0 Å². The van der Waals surface area contributed by atoms with Crippen molar-refractivity contribution >= 4 is 16.7 Å². The van der Waals surface area contributed by atoms with Gasteiger partial charge in [0.1, 0.15) is 0 Å². The number of carbonyl (C=O) groups excluding carboxylic acids is 1. The number of rotatable bonds is 6. The SMILES string of the molecule is O=C(NCCCn1ccnc1)c1ncoc1-c1ccc2ccccc2c1.